The highest BCUT2D eigenvalue weighted by Gasteiger charge is 2.79. The number of carboxylic acids is 1. The number of aliphatic hydroxyl groups excluding tert-OH is 1. The van der Waals surface area contributed by atoms with Crippen LogP contribution in [0.25, 0.3) is 10.9 Å². The number of thiophene rings is 1. The second kappa shape index (κ2) is 20.3. The van der Waals surface area contributed by atoms with Crippen LogP contribution < -0.4 is 25.8 Å². The Bertz CT molecular complexity index is 3410. The van der Waals surface area contributed by atoms with Gasteiger partial charge in [-0.25, -0.2) is 15.0 Å². The molecule has 6 unspecified atom stereocenters. The van der Waals surface area contributed by atoms with E-state index in [1.165, 1.54) is 25.6 Å². The second-order valence-electron chi connectivity index (χ2n) is 23.4. The summed E-state index contributed by atoms with van der Waals surface area (Å²) >= 11 is 1.33. The molecule has 7 aliphatic heterocycles. The minimum atomic E-state index is -2.70. The van der Waals surface area contributed by atoms with E-state index < -0.39 is 121 Å². The van der Waals surface area contributed by atoms with Crippen molar-refractivity contribution in [2.75, 3.05) is 65.5 Å². The highest BCUT2D eigenvalue weighted by molar-refractivity contribution is 7.86. The maximum Gasteiger partial charge on any atom is 0.426 e. The van der Waals surface area contributed by atoms with Crippen molar-refractivity contribution in [1.82, 2.24) is 35.9 Å². The third kappa shape index (κ3) is 8.05. The van der Waals surface area contributed by atoms with Gasteiger partial charge in [0.15, 0.2) is 5.60 Å². The summed E-state index contributed by atoms with van der Waals surface area (Å²) in [5.41, 5.74) is 0.544. The molecule has 4 fully saturated rings. The van der Waals surface area contributed by atoms with Crippen LogP contribution in [0, 0.1) is 11.3 Å². The Hall–Kier alpha value is -6.67. The van der Waals surface area contributed by atoms with Crippen molar-refractivity contribution in [3.05, 3.63) is 105 Å². The van der Waals surface area contributed by atoms with Crippen molar-refractivity contribution in [2.45, 2.75) is 116 Å². The number of nitrogens with zero attached hydrogens (tertiary/aromatic N) is 4. The Morgan fingerprint density at radius 3 is 2.49 bits per heavy atom. The summed E-state index contributed by atoms with van der Waals surface area (Å²) in [6.07, 6.45) is 4.13. The van der Waals surface area contributed by atoms with Crippen molar-refractivity contribution < 1.29 is 67.6 Å². The predicted molar refractivity (Wildman–Crippen MR) is 300 cm³/mol. The lowest BCUT2D eigenvalue weighted by Gasteiger charge is -2.63. The van der Waals surface area contributed by atoms with Gasteiger partial charge in [0.1, 0.15) is 41.0 Å². The second-order valence-corrected chi connectivity index (χ2v) is 26.2. The first kappa shape index (κ1) is 55.8. The number of ether oxygens (including phenoxy) is 3. The number of hydrazine groups is 1. The zero-order valence-corrected chi connectivity index (χ0v) is 47.8. The van der Waals surface area contributed by atoms with Gasteiger partial charge in [-0.2, -0.15) is 0 Å². The molecule has 22 nitrogen and oxygen atoms in total. The van der Waals surface area contributed by atoms with Crippen LogP contribution in [0.3, 0.4) is 0 Å². The average molecular weight is 1170 g/mol. The molecule has 1 spiro atoms. The lowest BCUT2D eigenvalue weighted by molar-refractivity contribution is -0.204. The zero-order valence-electron chi connectivity index (χ0n) is 46.1. The number of hydrogen-bond acceptors (Lipinski definition) is 17. The van der Waals surface area contributed by atoms with Crippen molar-refractivity contribution in [3.63, 3.8) is 0 Å². The Kier molecular flexibility index (Phi) is 13.8. The number of aliphatic hydroxyl groups is 3. The summed E-state index contributed by atoms with van der Waals surface area (Å²) in [5, 5.41) is 51.6. The molecule has 2 aromatic heterocycles. The molecular formula is C58H68N8O14S2. The Balaban J connectivity index is 0.893. The number of esters is 1. The average Bonchev–Trinajstić information content (AvgIpc) is 1.83. The predicted octanol–water partition coefficient (Wildman–Crippen LogP) is 2.06. The molecule has 9 heterocycles. The van der Waals surface area contributed by atoms with Gasteiger partial charge in [-0.3, -0.25) is 43.5 Å². The third-order valence-electron chi connectivity index (χ3n) is 19.5. The van der Waals surface area contributed by atoms with Gasteiger partial charge in [0.05, 0.1) is 48.3 Å². The van der Waals surface area contributed by atoms with Crippen LogP contribution in [0.4, 0.5) is 10.5 Å². The molecule has 1 aliphatic carbocycles. The number of para-hydroxylation sites is 1. The Morgan fingerprint density at radius 2 is 1.77 bits per heavy atom. The number of likely N-dealkylation sites (N-methyl/N-ethyl adjacent to an activating group) is 1. The van der Waals surface area contributed by atoms with Crippen LogP contribution in [-0.2, 0) is 67.9 Å². The smallest absolute Gasteiger partial charge is 0.426 e. The van der Waals surface area contributed by atoms with Gasteiger partial charge in [-0.15, -0.1) is 11.3 Å². The fourth-order valence-corrected chi connectivity index (χ4v) is 18.5. The topological polar surface area (TPSA) is 293 Å². The highest BCUT2D eigenvalue weighted by atomic mass is 32.2. The first-order chi connectivity index (χ1) is 39.2. The van der Waals surface area contributed by atoms with Crippen molar-refractivity contribution >= 4 is 74.5 Å². The van der Waals surface area contributed by atoms with E-state index in [-0.39, 0.29) is 25.2 Å². The number of carbonyl (C=O) groups excluding carboxylic acids is 5. The Morgan fingerprint density at radius 1 is 0.976 bits per heavy atom. The molecule has 8 aliphatic rings. The van der Waals surface area contributed by atoms with Gasteiger partial charge in [0.2, 0.25) is 5.91 Å². The molecule has 0 radical (unpaired) electrons. The van der Waals surface area contributed by atoms with Crippen LogP contribution in [0.1, 0.15) is 73.2 Å². The summed E-state index contributed by atoms with van der Waals surface area (Å²) in [6, 6.07) is 12.2. The van der Waals surface area contributed by atoms with Crippen molar-refractivity contribution in [2.24, 2.45) is 11.3 Å². The number of amides is 4. The molecule has 14 atom stereocenters. The number of hydrogen-bond donors (Lipinski definition) is 8. The molecule has 8 N–H and O–H groups in total. The minimum Gasteiger partial charge on any atom is -0.496 e. The third-order valence-corrected chi connectivity index (χ3v) is 22.2. The summed E-state index contributed by atoms with van der Waals surface area (Å²) in [4.78, 5) is 94.6. The number of benzene rings is 2. The van der Waals surface area contributed by atoms with E-state index >= 15 is 9.59 Å². The number of H-pyrrole nitrogens is 1. The molecule has 4 amide bonds. The molecule has 12 rings (SSSR count). The molecule has 82 heavy (non-hydrogen) atoms. The number of fused-ring (bicyclic) bond motifs is 7. The van der Waals surface area contributed by atoms with E-state index in [0.717, 1.165) is 32.3 Å². The maximum absolute atomic E-state index is 15.5. The summed E-state index contributed by atoms with van der Waals surface area (Å²) in [5.74, 6) is -4.38. The van der Waals surface area contributed by atoms with Gasteiger partial charge in [0.25, 0.3) is 11.8 Å². The number of anilines is 1. The van der Waals surface area contributed by atoms with Crippen molar-refractivity contribution in [3.8, 4) is 5.75 Å². The zero-order chi connectivity index (χ0) is 58.0. The maximum atomic E-state index is 15.5. The van der Waals surface area contributed by atoms with E-state index in [2.05, 4.69) is 31.0 Å². The van der Waals surface area contributed by atoms with E-state index in [9.17, 15) is 43.8 Å². The van der Waals surface area contributed by atoms with E-state index in [4.69, 9.17) is 14.2 Å². The van der Waals surface area contributed by atoms with E-state index in [1.807, 2.05) is 62.4 Å². The first-order valence-electron chi connectivity index (χ1n) is 27.9. The van der Waals surface area contributed by atoms with E-state index in [0.29, 0.717) is 86.7 Å². The van der Waals surface area contributed by atoms with Crippen LogP contribution >= 0.6 is 11.3 Å². The number of aliphatic carboxylic acids is 1. The molecule has 1 saturated carbocycles. The van der Waals surface area contributed by atoms with Gasteiger partial charge in [-0.05, 0) is 91.8 Å². The number of piperidine rings is 1. The van der Waals surface area contributed by atoms with E-state index in [1.54, 1.807) is 29.5 Å². The van der Waals surface area contributed by atoms with Gasteiger partial charge in [0, 0.05) is 88.9 Å². The van der Waals surface area contributed by atoms with Crippen LogP contribution in [0.5, 0.6) is 5.75 Å². The van der Waals surface area contributed by atoms with Gasteiger partial charge >= 0.3 is 18.0 Å². The molecule has 3 saturated heterocycles. The lowest BCUT2D eigenvalue weighted by Crippen LogP contribution is -2.82. The number of aromatic amines is 1. The molecule has 24 heteroatoms. The minimum absolute atomic E-state index is 0.0560. The standard InChI is InChI=1S/C58H68N8O14S2/c1-6-54(75)26-31-27-57(52(73)79-5,44-35(15-19-64(28-31)30-54)34-13-8-9-14-38(34)59-44)37-24-36-39(25-41(37)78-4)63(3)49-56(36)17-20-65-18-11-16-55(7-2,48(56)65)50(71)58(49,76)51(72)61-62-53(74)80-29-33-23-40(47(69)70)66-45(68)43(46(66)82(33)77)60-42(67)22-32-12-10-21-81-32/h8-14,16,21,23-25,31,33,43,46,48-50,59,71,75-76H,6-7,15,17-20,22,26-30H2,1-5H3,(H,60,67)(H,61,72)(H,62,74)(H,69,70)/t31-,33?,43?,46?,48-,49+,50+,54-,55+,56?,57-,58-,82?/m0/s1. The molecular weight excluding hydrogens is 1100 g/mol. The van der Waals surface area contributed by atoms with Gasteiger partial charge < -0.3 is 49.8 Å². The number of methoxy groups -OCH3 is 2. The van der Waals surface area contributed by atoms with Crippen molar-refractivity contribution in [1.29, 1.82) is 0 Å². The van der Waals surface area contributed by atoms with Crippen LogP contribution in [0.2, 0.25) is 0 Å². The number of carbonyl (C=O) groups is 6. The van der Waals surface area contributed by atoms with Crippen LogP contribution in [0.15, 0.2) is 77.8 Å². The highest BCUT2D eigenvalue weighted by Crippen LogP contribution is 2.67. The fourth-order valence-electron chi connectivity index (χ4n) is 16.1. The fraction of sp³-hybridized carbons (Fsp3) is 0.517. The molecule has 2 bridgehead atoms. The summed E-state index contributed by atoms with van der Waals surface area (Å²) in [6.45, 7) is 5.96. The first-order valence-corrected chi connectivity index (χ1v) is 30.0. The summed E-state index contributed by atoms with van der Waals surface area (Å²) < 4.78 is 31.8. The lowest BCUT2D eigenvalue weighted by atomic mass is 9.47. The SMILES string of the molecule is CC[C@]1(O)C[C@@H]2CN(CCc3c([nH]c4ccccc34)[C@@](C(=O)OC)(c3cc4c(cc3OC)N(C)[C@@H]3C45CCN4CC=C[C@](CC)([C@H]45)[C@@H](O)[C@]3(O)C(=O)NNC(=O)OCC3C=C(C(=O)O)N4C(=O)C(NC(=O)Cc5cccs5)C4S3=O)C2)C1. The number of aromatic nitrogens is 1. The molecule has 4 aromatic rings. The molecule has 436 valence electrons. The monoisotopic (exact) mass is 1160 g/mol. The number of nitrogens with one attached hydrogen (secondary N) is 4. The summed E-state index contributed by atoms with van der Waals surface area (Å²) in [7, 11) is 2.54. The number of β-lactam (4-membered cyclic amide) rings is 1. The van der Waals surface area contributed by atoms with Crippen LogP contribution in [-0.4, -0.2) is 187 Å². The Labute approximate surface area is 479 Å². The largest absolute Gasteiger partial charge is 0.496 e. The quantitative estimate of drug-likeness (QED) is 0.0436. The normalized spacial score (nSPS) is 35.0. The number of carboxylic acid groups (broad SMARTS) is 1. The number of rotatable bonds is 12. The molecule has 2 aromatic carbocycles. The van der Waals surface area contributed by atoms with Gasteiger partial charge in [-0.1, -0.05) is 50.3 Å².